The highest BCUT2D eigenvalue weighted by Gasteiger charge is 2.17. The molecule has 0 amide bonds. The van der Waals surface area contributed by atoms with E-state index in [4.69, 9.17) is 23.1 Å². The fourth-order valence-electron chi connectivity index (χ4n) is 1.71. The van der Waals surface area contributed by atoms with Crippen molar-refractivity contribution in [2.75, 3.05) is 20.2 Å². The van der Waals surface area contributed by atoms with E-state index in [1.54, 1.807) is 0 Å². The van der Waals surface area contributed by atoms with E-state index >= 15 is 0 Å². The number of rotatable bonds is 6. The van der Waals surface area contributed by atoms with E-state index in [0.29, 0.717) is 18.0 Å². The summed E-state index contributed by atoms with van der Waals surface area (Å²) in [6.45, 7) is 0.749. The monoisotopic (exact) mass is 238 g/mol. The van der Waals surface area contributed by atoms with Gasteiger partial charge in [-0.2, -0.15) is 0 Å². The predicted molar refractivity (Wildman–Crippen MR) is 70.3 cm³/mol. The van der Waals surface area contributed by atoms with Crippen molar-refractivity contribution in [3.05, 3.63) is 35.9 Å². The summed E-state index contributed by atoms with van der Waals surface area (Å²) in [7, 11) is 1.96. The minimum Gasteiger partial charge on any atom is -0.395 e. The third-order valence-corrected chi connectivity index (χ3v) is 2.73. The molecule has 0 spiro atoms. The van der Waals surface area contributed by atoms with Crippen LogP contribution >= 0.6 is 12.2 Å². The zero-order chi connectivity index (χ0) is 12.0. The lowest BCUT2D eigenvalue weighted by atomic mass is 10.0. The minimum absolute atomic E-state index is 0.136. The molecular formula is C12H18N2OS. The van der Waals surface area contributed by atoms with Gasteiger partial charge in [-0.15, -0.1) is 0 Å². The highest BCUT2D eigenvalue weighted by molar-refractivity contribution is 7.80. The summed E-state index contributed by atoms with van der Waals surface area (Å²) < 4.78 is 0. The number of aliphatic hydroxyl groups excluding tert-OH is 1. The fourth-order valence-corrected chi connectivity index (χ4v) is 1.87. The summed E-state index contributed by atoms with van der Waals surface area (Å²) >= 11 is 4.96. The molecule has 3 nitrogen and oxygen atoms in total. The molecule has 1 rings (SSSR count). The lowest BCUT2D eigenvalue weighted by Gasteiger charge is -2.27. The highest BCUT2D eigenvalue weighted by Crippen LogP contribution is 2.22. The predicted octanol–water partition coefficient (Wildman–Crippen LogP) is 1.33. The maximum absolute atomic E-state index is 8.96. The Kier molecular flexibility index (Phi) is 5.38. The molecule has 4 heteroatoms. The average Bonchev–Trinajstić information content (AvgIpc) is 2.27. The summed E-state index contributed by atoms with van der Waals surface area (Å²) in [5.74, 6) is 0. The average molecular weight is 238 g/mol. The van der Waals surface area contributed by atoms with Crippen LogP contribution in [0.3, 0.4) is 0 Å². The molecule has 0 fully saturated rings. The van der Waals surface area contributed by atoms with Gasteiger partial charge in [0.15, 0.2) is 0 Å². The third kappa shape index (κ3) is 3.89. The Balaban J connectivity index is 2.82. The quantitative estimate of drug-likeness (QED) is 0.734. The van der Waals surface area contributed by atoms with Crippen molar-refractivity contribution in [3.8, 4) is 0 Å². The number of aliphatic hydroxyl groups is 1. The highest BCUT2D eigenvalue weighted by atomic mass is 32.1. The topological polar surface area (TPSA) is 49.5 Å². The summed E-state index contributed by atoms with van der Waals surface area (Å²) in [4.78, 5) is 2.56. The summed E-state index contributed by atoms with van der Waals surface area (Å²) in [6.07, 6.45) is 0.635. The fraction of sp³-hybridized carbons (Fsp3) is 0.417. The summed E-state index contributed by atoms with van der Waals surface area (Å²) in [5, 5.41) is 8.96. The van der Waals surface area contributed by atoms with Gasteiger partial charge in [-0.25, -0.2) is 0 Å². The molecule has 1 unspecified atom stereocenters. The molecule has 3 N–H and O–H groups in total. The molecule has 0 bridgehead atoms. The number of benzene rings is 1. The van der Waals surface area contributed by atoms with Crippen LogP contribution in [0.5, 0.6) is 0 Å². The van der Waals surface area contributed by atoms with Crippen LogP contribution in [0.1, 0.15) is 18.0 Å². The van der Waals surface area contributed by atoms with E-state index in [1.165, 1.54) is 5.56 Å². The van der Waals surface area contributed by atoms with Crippen molar-refractivity contribution >= 4 is 17.2 Å². The van der Waals surface area contributed by atoms with Gasteiger partial charge in [0, 0.05) is 19.0 Å². The molecule has 0 heterocycles. The van der Waals surface area contributed by atoms with E-state index in [2.05, 4.69) is 17.0 Å². The largest absolute Gasteiger partial charge is 0.395 e. The Morgan fingerprint density at radius 1 is 1.44 bits per heavy atom. The first-order valence-electron chi connectivity index (χ1n) is 5.29. The SMILES string of the molecule is CN(CCO)C(CC(N)=S)c1ccccc1. The van der Waals surface area contributed by atoms with Gasteiger partial charge in [0.25, 0.3) is 0 Å². The normalized spacial score (nSPS) is 12.7. The zero-order valence-corrected chi connectivity index (χ0v) is 10.3. The van der Waals surface area contributed by atoms with Crippen molar-refractivity contribution in [2.45, 2.75) is 12.5 Å². The lowest BCUT2D eigenvalue weighted by molar-refractivity contribution is 0.183. The molecule has 0 aromatic heterocycles. The number of nitrogens with two attached hydrogens (primary N) is 1. The molecular weight excluding hydrogens is 220 g/mol. The van der Waals surface area contributed by atoms with Gasteiger partial charge in [-0.1, -0.05) is 42.5 Å². The van der Waals surface area contributed by atoms with Gasteiger partial charge in [0.05, 0.1) is 11.6 Å². The number of hydrogen-bond donors (Lipinski definition) is 2. The first-order valence-corrected chi connectivity index (χ1v) is 5.70. The van der Waals surface area contributed by atoms with Crippen LogP contribution in [0, 0.1) is 0 Å². The van der Waals surface area contributed by atoms with E-state index in [0.717, 1.165) is 0 Å². The molecule has 16 heavy (non-hydrogen) atoms. The first kappa shape index (κ1) is 13.1. The Hall–Kier alpha value is -0.970. The number of thiocarbonyl (C=S) groups is 1. The van der Waals surface area contributed by atoms with Crippen molar-refractivity contribution in [2.24, 2.45) is 5.73 Å². The van der Waals surface area contributed by atoms with Gasteiger partial charge in [0.1, 0.15) is 0 Å². The van der Waals surface area contributed by atoms with Gasteiger partial charge in [-0.3, -0.25) is 4.90 Å². The van der Waals surface area contributed by atoms with Crippen LogP contribution < -0.4 is 5.73 Å². The molecule has 88 valence electrons. The van der Waals surface area contributed by atoms with Gasteiger partial charge < -0.3 is 10.8 Å². The molecule has 0 saturated carbocycles. The van der Waals surface area contributed by atoms with Crippen molar-refractivity contribution < 1.29 is 5.11 Å². The van der Waals surface area contributed by atoms with E-state index in [1.807, 2.05) is 25.2 Å². The summed E-state index contributed by atoms with van der Waals surface area (Å²) in [5.41, 5.74) is 6.78. The van der Waals surface area contributed by atoms with Crippen molar-refractivity contribution in [1.29, 1.82) is 0 Å². The van der Waals surface area contributed by atoms with Crippen molar-refractivity contribution in [1.82, 2.24) is 4.90 Å². The van der Waals surface area contributed by atoms with Crippen LogP contribution in [-0.2, 0) is 0 Å². The van der Waals surface area contributed by atoms with Gasteiger partial charge in [0.2, 0.25) is 0 Å². The van der Waals surface area contributed by atoms with E-state index < -0.39 is 0 Å². The Morgan fingerprint density at radius 3 is 2.56 bits per heavy atom. The zero-order valence-electron chi connectivity index (χ0n) is 9.47. The maximum Gasteiger partial charge on any atom is 0.0746 e. The van der Waals surface area contributed by atoms with E-state index in [9.17, 15) is 0 Å². The second-order valence-electron chi connectivity index (χ2n) is 3.80. The second-order valence-corrected chi connectivity index (χ2v) is 4.33. The molecule has 1 aromatic rings. The molecule has 0 radical (unpaired) electrons. The van der Waals surface area contributed by atoms with Crippen LogP contribution in [0.4, 0.5) is 0 Å². The molecule has 0 saturated heterocycles. The smallest absolute Gasteiger partial charge is 0.0746 e. The molecule has 1 aromatic carbocycles. The van der Waals surface area contributed by atoms with Crippen LogP contribution in [0.2, 0.25) is 0 Å². The third-order valence-electron chi connectivity index (χ3n) is 2.56. The first-order chi connectivity index (χ1) is 7.65. The summed E-state index contributed by atoms with van der Waals surface area (Å²) in [6, 6.07) is 10.2. The second kappa shape index (κ2) is 6.58. The van der Waals surface area contributed by atoms with Crippen LogP contribution in [0.15, 0.2) is 30.3 Å². The molecule has 0 aliphatic rings. The Labute approximate surface area is 102 Å². The lowest BCUT2D eigenvalue weighted by Crippen LogP contribution is -2.30. The standard InChI is InChI=1S/C12H18N2OS/c1-14(7-8-15)11(9-12(13)16)10-5-3-2-4-6-10/h2-6,11,15H,7-9H2,1H3,(H2,13,16). The van der Waals surface area contributed by atoms with Gasteiger partial charge >= 0.3 is 0 Å². The minimum atomic E-state index is 0.136. The van der Waals surface area contributed by atoms with Crippen LogP contribution in [0.25, 0.3) is 0 Å². The molecule has 1 atom stereocenters. The number of likely N-dealkylation sites (N-methyl/N-ethyl adjacent to an activating group) is 1. The number of hydrogen-bond acceptors (Lipinski definition) is 3. The Morgan fingerprint density at radius 2 is 2.06 bits per heavy atom. The van der Waals surface area contributed by atoms with E-state index in [-0.39, 0.29) is 12.6 Å². The van der Waals surface area contributed by atoms with Crippen molar-refractivity contribution in [3.63, 3.8) is 0 Å². The maximum atomic E-state index is 8.96. The molecule has 0 aliphatic carbocycles. The Bertz CT molecular complexity index is 329. The number of nitrogens with zero attached hydrogens (tertiary/aromatic N) is 1. The van der Waals surface area contributed by atoms with Crippen LogP contribution in [-0.4, -0.2) is 35.2 Å². The molecule has 0 aliphatic heterocycles. The van der Waals surface area contributed by atoms with Gasteiger partial charge in [-0.05, 0) is 12.6 Å².